The van der Waals surface area contributed by atoms with Gasteiger partial charge < -0.3 is 0 Å². The standard InChI is InChI=1S/C7H8/c1-2-7-4-3-6(1)5-7/h1,4H,2-3,5H2. The SMILES string of the molecule is C1=C2CC=C(C1)C2. The maximum Gasteiger partial charge on any atom is -0.0102 e. The van der Waals surface area contributed by atoms with Gasteiger partial charge in [0.05, 0.1) is 0 Å². The summed E-state index contributed by atoms with van der Waals surface area (Å²) >= 11 is 0. The summed E-state index contributed by atoms with van der Waals surface area (Å²) in [6.45, 7) is 0. The summed E-state index contributed by atoms with van der Waals surface area (Å²) in [6.07, 6.45) is 8.54. The van der Waals surface area contributed by atoms with E-state index in [1.54, 1.807) is 11.1 Å². The number of fused-ring (bicyclic) bond motifs is 2. The number of hydrogen-bond donors (Lipinski definition) is 0. The Hall–Kier alpha value is -0.520. The van der Waals surface area contributed by atoms with E-state index in [0.29, 0.717) is 0 Å². The first-order valence-electron chi connectivity index (χ1n) is 2.81. The zero-order chi connectivity index (χ0) is 4.69. The fraction of sp³-hybridized carbons (Fsp3) is 0.429. The third-order valence-corrected chi connectivity index (χ3v) is 1.76. The first-order valence-corrected chi connectivity index (χ1v) is 2.81. The molecule has 7 heavy (non-hydrogen) atoms. The molecule has 0 saturated carbocycles. The van der Waals surface area contributed by atoms with Crippen molar-refractivity contribution in [2.75, 3.05) is 0 Å². The molecule has 0 aromatic carbocycles. The maximum atomic E-state index is 2.36. The zero-order valence-electron chi connectivity index (χ0n) is 4.28. The second-order valence-corrected chi connectivity index (χ2v) is 2.31. The van der Waals surface area contributed by atoms with Gasteiger partial charge in [-0.2, -0.15) is 0 Å². The molecule has 0 heteroatoms. The van der Waals surface area contributed by atoms with Crippen LogP contribution in [0.2, 0.25) is 0 Å². The minimum absolute atomic E-state index is 1.26. The largest absolute Gasteiger partial charge is 0.0806 e. The van der Waals surface area contributed by atoms with E-state index in [9.17, 15) is 0 Å². The molecular formula is C7H8. The van der Waals surface area contributed by atoms with Crippen molar-refractivity contribution in [2.45, 2.75) is 19.3 Å². The lowest BCUT2D eigenvalue weighted by atomic mass is 10.2. The number of rotatable bonds is 0. The molecule has 0 fully saturated rings. The van der Waals surface area contributed by atoms with E-state index in [1.807, 2.05) is 0 Å². The van der Waals surface area contributed by atoms with E-state index in [1.165, 1.54) is 19.3 Å². The van der Waals surface area contributed by atoms with Crippen LogP contribution in [0.1, 0.15) is 19.3 Å². The van der Waals surface area contributed by atoms with Gasteiger partial charge in [-0.3, -0.25) is 0 Å². The Labute approximate surface area is 43.5 Å². The van der Waals surface area contributed by atoms with Crippen LogP contribution in [0.3, 0.4) is 0 Å². The van der Waals surface area contributed by atoms with Crippen molar-refractivity contribution in [2.24, 2.45) is 0 Å². The lowest BCUT2D eigenvalue weighted by Gasteiger charge is -1.86. The predicted octanol–water partition coefficient (Wildman–Crippen LogP) is 2.04. The molecule has 0 N–H and O–H groups in total. The quantitative estimate of drug-likeness (QED) is 0.401. The highest BCUT2D eigenvalue weighted by Crippen LogP contribution is 2.33. The molecule has 0 saturated heterocycles. The van der Waals surface area contributed by atoms with Gasteiger partial charge in [-0.25, -0.2) is 0 Å². The van der Waals surface area contributed by atoms with Crippen LogP contribution in [0, 0.1) is 0 Å². The molecule has 36 valence electrons. The Balaban J connectivity index is 2.45. The minimum Gasteiger partial charge on any atom is -0.0806 e. The van der Waals surface area contributed by atoms with Gasteiger partial charge in [-0.15, -0.1) is 0 Å². The summed E-state index contributed by atoms with van der Waals surface area (Å²) < 4.78 is 0. The van der Waals surface area contributed by atoms with Gasteiger partial charge in [-0.05, 0) is 19.3 Å². The van der Waals surface area contributed by atoms with Crippen molar-refractivity contribution in [1.29, 1.82) is 0 Å². The topological polar surface area (TPSA) is 0 Å². The Morgan fingerprint density at radius 3 is 1.71 bits per heavy atom. The molecule has 0 aromatic heterocycles. The summed E-state index contributed by atoms with van der Waals surface area (Å²) in [6, 6.07) is 0. The Bertz CT molecular complexity index is 131. The summed E-state index contributed by atoms with van der Waals surface area (Å²) in [5.74, 6) is 0. The molecule has 2 rings (SSSR count). The summed E-state index contributed by atoms with van der Waals surface area (Å²) in [5.41, 5.74) is 3.30. The van der Waals surface area contributed by atoms with Crippen LogP contribution in [-0.2, 0) is 0 Å². The van der Waals surface area contributed by atoms with Gasteiger partial charge >= 0.3 is 0 Å². The molecule has 0 nitrogen and oxygen atoms in total. The van der Waals surface area contributed by atoms with E-state index in [4.69, 9.17) is 0 Å². The lowest BCUT2D eigenvalue weighted by molar-refractivity contribution is 1.20. The summed E-state index contributed by atoms with van der Waals surface area (Å²) in [5, 5.41) is 0. The Morgan fingerprint density at radius 2 is 1.57 bits per heavy atom. The normalized spacial score (nSPS) is 25.1. The predicted molar refractivity (Wildman–Crippen MR) is 30.0 cm³/mol. The second-order valence-electron chi connectivity index (χ2n) is 2.31. The molecule has 0 aromatic rings. The van der Waals surface area contributed by atoms with E-state index in [-0.39, 0.29) is 0 Å². The third-order valence-electron chi connectivity index (χ3n) is 1.76. The van der Waals surface area contributed by atoms with Crippen LogP contribution in [0.4, 0.5) is 0 Å². The third kappa shape index (κ3) is 0.365. The van der Waals surface area contributed by atoms with E-state index in [0.717, 1.165) is 0 Å². The molecule has 2 aliphatic rings. The number of hydrogen-bond acceptors (Lipinski definition) is 0. The van der Waals surface area contributed by atoms with Gasteiger partial charge in [0.2, 0.25) is 0 Å². The molecule has 0 heterocycles. The molecule has 0 aliphatic heterocycles. The molecule has 2 bridgehead atoms. The molecule has 0 unspecified atom stereocenters. The van der Waals surface area contributed by atoms with E-state index >= 15 is 0 Å². The average molecular weight is 92.1 g/mol. The van der Waals surface area contributed by atoms with Crippen LogP contribution < -0.4 is 0 Å². The van der Waals surface area contributed by atoms with Crippen LogP contribution >= 0.6 is 0 Å². The van der Waals surface area contributed by atoms with Crippen LogP contribution in [0.5, 0.6) is 0 Å². The molecule has 0 atom stereocenters. The summed E-state index contributed by atoms with van der Waals surface area (Å²) in [4.78, 5) is 0. The Kier molecular flexibility index (Phi) is 0.498. The van der Waals surface area contributed by atoms with Gasteiger partial charge in [0.1, 0.15) is 0 Å². The first-order chi connectivity index (χ1) is 3.45. The van der Waals surface area contributed by atoms with Crippen molar-refractivity contribution in [1.82, 2.24) is 0 Å². The maximum absolute atomic E-state index is 2.36. The van der Waals surface area contributed by atoms with Crippen molar-refractivity contribution in [3.63, 3.8) is 0 Å². The van der Waals surface area contributed by atoms with Gasteiger partial charge in [0.25, 0.3) is 0 Å². The van der Waals surface area contributed by atoms with Crippen LogP contribution in [0.15, 0.2) is 23.3 Å². The highest BCUT2D eigenvalue weighted by atomic mass is 14.2. The van der Waals surface area contributed by atoms with Crippen molar-refractivity contribution in [3.05, 3.63) is 23.3 Å². The monoisotopic (exact) mass is 92.1 g/mol. The van der Waals surface area contributed by atoms with Crippen LogP contribution in [0.25, 0.3) is 0 Å². The molecule has 2 aliphatic carbocycles. The highest BCUT2D eigenvalue weighted by Gasteiger charge is 2.13. The van der Waals surface area contributed by atoms with E-state index < -0.39 is 0 Å². The van der Waals surface area contributed by atoms with Crippen molar-refractivity contribution < 1.29 is 0 Å². The fourth-order valence-corrected chi connectivity index (χ4v) is 1.30. The summed E-state index contributed by atoms with van der Waals surface area (Å²) in [7, 11) is 0. The van der Waals surface area contributed by atoms with E-state index in [2.05, 4.69) is 12.2 Å². The van der Waals surface area contributed by atoms with Crippen molar-refractivity contribution in [3.8, 4) is 0 Å². The van der Waals surface area contributed by atoms with Gasteiger partial charge in [0.15, 0.2) is 0 Å². The second kappa shape index (κ2) is 1.00. The smallest absolute Gasteiger partial charge is 0.0102 e. The van der Waals surface area contributed by atoms with Crippen LogP contribution in [-0.4, -0.2) is 0 Å². The molecule has 0 radical (unpaired) electrons. The van der Waals surface area contributed by atoms with Gasteiger partial charge in [-0.1, -0.05) is 23.3 Å². The molecular weight excluding hydrogens is 84.1 g/mol. The Morgan fingerprint density at radius 1 is 1.00 bits per heavy atom. The zero-order valence-corrected chi connectivity index (χ0v) is 4.28. The highest BCUT2D eigenvalue weighted by molar-refractivity contribution is 5.34. The number of allylic oxidation sites excluding steroid dienone is 4. The van der Waals surface area contributed by atoms with Crippen molar-refractivity contribution >= 4 is 0 Å². The molecule has 0 amide bonds. The van der Waals surface area contributed by atoms with Gasteiger partial charge in [0, 0.05) is 0 Å². The fourth-order valence-electron chi connectivity index (χ4n) is 1.30. The first kappa shape index (κ1) is 3.48. The average Bonchev–Trinajstić information content (AvgIpc) is 2.22. The minimum atomic E-state index is 1.26. The lowest BCUT2D eigenvalue weighted by Crippen LogP contribution is -1.66. The molecule has 0 spiro atoms.